The molecule has 0 bridgehead atoms. The summed E-state index contributed by atoms with van der Waals surface area (Å²) in [7, 11) is 0. The highest BCUT2D eigenvalue weighted by atomic mass is 79.9. The fourth-order valence-electron chi connectivity index (χ4n) is 1.82. The van der Waals surface area contributed by atoms with Gasteiger partial charge in [-0.1, -0.05) is 0 Å². The van der Waals surface area contributed by atoms with E-state index in [1.165, 1.54) is 10.9 Å². The molecule has 0 atom stereocenters. The second-order valence-corrected chi connectivity index (χ2v) is 5.46. The minimum absolute atomic E-state index is 0.120. The highest BCUT2D eigenvalue weighted by Gasteiger charge is 2.12. The van der Waals surface area contributed by atoms with E-state index in [0.717, 1.165) is 11.4 Å². The average molecular weight is 326 g/mol. The molecule has 2 aromatic rings. The molecule has 102 valence electrons. The van der Waals surface area contributed by atoms with Crippen LogP contribution < -0.4 is 11.3 Å². The number of anilines is 1. The monoisotopic (exact) mass is 325 g/mol. The number of hydrogen-bond acceptors (Lipinski definition) is 4. The summed E-state index contributed by atoms with van der Waals surface area (Å²) in [5, 5.41) is 4.15. The van der Waals surface area contributed by atoms with Crippen LogP contribution in [0.4, 0.5) is 5.69 Å². The molecule has 2 N–H and O–H groups in total. The number of halogens is 1. The third-order valence-corrected chi connectivity index (χ3v) is 3.89. The molecule has 7 heteroatoms. The Hall–Kier alpha value is -1.63. The second kappa shape index (κ2) is 5.16. The molecule has 0 aromatic carbocycles. The normalized spacial score (nSPS) is 11.2. The van der Waals surface area contributed by atoms with Gasteiger partial charge in [-0.2, -0.15) is 5.10 Å². The Labute approximate surface area is 119 Å². The van der Waals surface area contributed by atoms with E-state index in [4.69, 9.17) is 5.73 Å². The topological polar surface area (TPSA) is 78.7 Å². The SMILES string of the molecule is Cc1c(N)cn(Cc2ncnn2C(C)C)c(=O)c1Br. The first-order valence-corrected chi connectivity index (χ1v) is 6.74. The summed E-state index contributed by atoms with van der Waals surface area (Å²) in [5.74, 6) is 0.729. The van der Waals surface area contributed by atoms with E-state index in [-0.39, 0.29) is 11.6 Å². The maximum atomic E-state index is 12.2. The van der Waals surface area contributed by atoms with Crippen LogP contribution in [0.2, 0.25) is 0 Å². The Morgan fingerprint density at radius 3 is 2.79 bits per heavy atom. The van der Waals surface area contributed by atoms with Crippen LogP contribution in [0.1, 0.15) is 31.3 Å². The first-order valence-electron chi connectivity index (χ1n) is 5.95. The fourth-order valence-corrected chi connectivity index (χ4v) is 2.28. The smallest absolute Gasteiger partial charge is 0.265 e. The highest BCUT2D eigenvalue weighted by Crippen LogP contribution is 2.17. The lowest BCUT2D eigenvalue weighted by Gasteiger charge is -2.12. The van der Waals surface area contributed by atoms with Gasteiger partial charge in [-0.25, -0.2) is 9.67 Å². The molecule has 0 saturated carbocycles. The van der Waals surface area contributed by atoms with Crippen molar-refractivity contribution in [2.75, 3.05) is 5.73 Å². The summed E-state index contributed by atoms with van der Waals surface area (Å²) in [5.41, 5.74) is 7.09. The molecule has 2 rings (SSSR count). The molecule has 0 unspecified atom stereocenters. The standard InChI is InChI=1S/C12H16BrN5O/c1-7(2)18-10(15-6-16-18)5-17-4-9(14)8(3)11(13)12(17)19/h4,6-7H,5,14H2,1-3H3. The van der Waals surface area contributed by atoms with E-state index >= 15 is 0 Å². The van der Waals surface area contributed by atoms with Crippen molar-refractivity contribution >= 4 is 21.6 Å². The lowest BCUT2D eigenvalue weighted by molar-refractivity contribution is 0.494. The van der Waals surface area contributed by atoms with Gasteiger partial charge >= 0.3 is 0 Å². The zero-order chi connectivity index (χ0) is 14.2. The quantitative estimate of drug-likeness (QED) is 0.931. The van der Waals surface area contributed by atoms with Crippen molar-refractivity contribution in [3.63, 3.8) is 0 Å². The molecule has 2 aromatic heterocycles. The largest absolute Gasteiger partial charge is 0.397 e. The zero-order valence-corrected chi connectivity index (χ0v) is 12.7. The molecule has 0 saturated heterocycles. The predicted octanol–water partition coefficient (Wildman–Crippen LogP) is 1.72. The zero-order valence-electron chi connectivity index (χ0n) is 11.1. The van der Waals surface area contributed by atoms with Crippen molar-refractivity contribution in [3.8, 4) is 0 Å². The number of aromatic nitrogens is 4. The number of rotatable bonds is 3. The van der Waals surface area contributed by atoms with Gasteiger partial charge in [-0.15, -0.1) is 0 Å². The van der Waals surface area contributed by atoms with E-state index < -0.39 is 0 Å². The van der Waals surface area contributed by atoms with Crippen molar-refractivity contribution in [1.82, 2.24) is 19.3 Å². The Morgan fingerprint density at radius 2 is 2.16 bits per heavy atom. The van der Waals surface area contributed by atoms with Crippen LogP contribution in [0, 0.1) is 6.92 Å². The molecule has 19 heavy (non-hydrogen) atoms. The Kier molecular flexibility index (Phi) is 3.75. The van der Waals surface area contributed by atoms with Crippen molar-refractivity contribution in [3.05, 3.63) is 38.7 Å². The van der Waals surface area contributed by atoms with E-state index in [1.54, 1.807) is 10.9 Å². The van der Waals surface area contributed by atoms with Crippen LogP contribution in [0.3, 0.4) is 0 Å². The Bertz CT molecular complexity index is 659. The Balaban J connectivity index is 2.45. The van der Waals surface area contributed by atoms with E-state index in [0.29, 0.717) is 16.7 Å². The van der Waals surface area contributed by atoms with Gasteiger partial charge in [0.25, 0.3) is 5.56 Å². The van der Waals surface area contributed by atoms with E-state index in [9.17, 15) is 4.79 Å². The minimum atomic E-state index is -0.120. The summed E-state index contributed by atoms with van der Waals surface area (Å²) in [6.45, 7) is 6.18. The Morgan fingerprint density at radius 1 is 1.47 bits per heavy atom. The van der Waals surface area contributed by atoms with E-state index in [1.807, 2.05) is 20.8 Å². The summed E-state index contributed by atoms with van der Waals surface area (Å²) in [4.78, 5) is 16.3. The van der Waals surface area contributed by atoms with Crippen molar-refractivity contribution in [2.24, 2.45) is 0 Å². The molecule has 0 aliphatic rings. The summed E-state index contributed by atoms with van der Waals surface area (Å²) in [6.07, 6.45) is 3.13. The lowest BCUT2D eigenvalue weighted by Crippen LogP contribution is -2.24. The third-order valence-electron chi connectivity index (χ3n) is 2.95. The molecule has 0 aliphatic heterocycles. The number of pyridine rings is 1. The molecule has 0 spiro atoms. The average Bonchev–Trinajstić information content (AvgIpc) is 2.81. The molecule has 0 aliphatic carbocycles. The van der Waals surface area contributed by atoms with Crippen LogP contribution in [0.15, 0.2) is 21.8 Å². The van der Waals surface area contributed by atoms with Gasteiger partial charge in [0.2, 0.25) is 0 Å². The van der Waals surface area contributed by atoms with Gasteiger partial charge in [0.1, 0.15) is 12.2 Å². The highest BCUT2D eigenvalue weighted by molar-refractivity contribution is 9.10. The van der Waals surface area contributed by atoms with Gasteiger partial charge in [-0.05, 0) is 42.3 Å². The van der Waals surface area contributed by atoms with Crippen LogP contribution in [0.5, 0.6) is 0 Å². The van der Waals surface area contributed by atoms with Gasteiger partial charge in [-0.3, -0.25) is 4.79 Å². The molecule has 0 radical (unpaired) electrons. The van der Waals surface area contributed by atoms with Crippen LogP contribution in [-0.2, 0) is 6.54 Å². The maximum absolute atomic E-state index is 12.2. The lowest BCUT2D eigenvalue weighted by atomic mass is 10.2. The number of nitrogen functional groups attached to an aromatic ring is 1. The fraction of sp³-hybridized carbons (Fsp3) is 0.417. The number of nitrogens with two attached hydrogens (primary N) is 1. The first kappa shape index (κ1) is 13.8. The summed E-state index contributed by atoms with van der Waals surface area (Å²) in [6, 6.07) is 0.194. The molecule has 0 amide bonds. The number of nitrogens with zero attached hydrogens (tertiary/aromatic N) is 4. The predicted molar refractivity (Wildman–Crippen MR) is 77.1 cm³/mol. The van der Waals surface area contributed by atoms with Crippen molar-refractivity contribution in [1.29, 1.82) is 0 Å². The molecule has 0 fully saturated rings. The summed E-state index contributed by atoms with van der Waals surface area (Å²) < 4.78 is 3.81. The third kappa shape index (κ3) is 2.56. The van der Waals surface area contributed by atoms with E-state index in [2.05, 4.69) is 26.0 Å². The van der Waals surface area contributed by atoms with Gasteiger partial charge in [0, 0.05) is 12.2 Å². The van der Waals surface area contributed by atoms with Gasteiger partial charge < -0.3 is 10.3 Å². The summed E-state index contributed by atoms with van der Waals surface area (Å²) >= 11 is 3.28. The molecular weight excluding hydrogens is 310 g/mol. The van der Waals surface area contributed by atoms with Crippen LogP contribution >= 0.6 is 15.9 Å². The number of hydrogen-bond donors (Lipinski definition) is 1. The first-order chi connectivity index (χ1) is 8.91. The second-order valence-electron chi connectivity index (χ2n) is 4.67. The van der Waals surface area contributed by atoms with Crippen molar-refractivity contribution < 1.29 is 0 Å². The van der Waals surface area contributed by atoms with Crippen LogP contribution in [0.25, 0.3) is 0 Å². The van der Waals surface area contributed by atoms with Crippen LogP contribution in [-0.4, -0.2) is 19.3 Å². The molecule has 2 heterocycles. The van der Waals surface area contributed by atoms with Crippen molar-refractivity contribution in [2.45, 2.75) is 33.4 Å². The minimum Gasteiger partial charge on any atom is -0.397 e. The molecule has 6 nitrogen and oxygen atoms in total. The van der Waals surface area contributed by atoms with Gasteiger partial charge in [0.05, 0.1) is 16.7 Å². The van der Waals surface area contributed by atoms with Gasteiger partial charge in [0.15, 0.2) is 0 Å². The molecular formula is C12H16BrN5O. The maximum Gasteiger partial charge on any atom is 0.265 e.